The normalized spacial score (nSPS) is 10.3. The molecule has 2 N–H and O–H groups in total. The Morgan fingerprint density at radius 2 is 2.00 bits per heavy atom. The molecule has 1 heterocycles. The summed E-state index contributed by atoms with van der Waals surface area (Å²) in [7, 11) is 0. The van der Waals surface area contributed by atoms with Gasteiger partial charge in [0.05, 0.1) is 11.4 Å². The van der Waals surface area contributed by atoms with Gasteiger partial charge in [0, 0.05) is 18.3 Å². The van der Waals surface area contributed by atoms with Crippen LogP contribution >= 0.6 is 11.3 Å². The Labute approximate surface area is 126 Å². The fraction of sp³-hybridized carbons (Fsp3) is 0.267. The molecule has 0 aliphatic heterocycles. The predicted molar refractivity (Wildman–Crippen MR) is 80.7 cm³/mol. The van der Waals surface area contributed by atoms with Crippen LogP contribution in [0.5, 0.6) is 0 Å². The minimum atomic E-state index is -1.03. The lowest BCUT2D eigenvalue weighted by atomic mass is 10.1. The molecule has 0 spiro atoms. The summed E-state index contributed by atoms with van der Waals surface area (Å²) in [5.74, 6) is -1.07. The molecule has 1 aromatic carbocycles. The second kappa shape index (κ2) is 6.99. The van der Waals surface area contributed by atoms with Gasteiger partial charge in [0.25, 0.3) is 0 Å². The maximum Gasteiger partial charge on any atom is 0.355 e. The van der Waals surface area contributed by atoms with E-state index in [1.54, 1.807) is 0 Å². The topological polar surface area (TPSA) is 79.3 Å². The van der Waals surface area contributed by atoms with Gasteiger partial charge in [-0.05, 0) is 12.5 Å². The molecule has 2 rings (SSSR count). The van der Waals surface area contributed by atoms with Crippen molar-refractivity contribution in [2.24, 2.45) is 0 Å². The van der Waals surface area contributed by atoms with Gasteiger partial charge in [0.2, 0.25) is 5.91 Å². The molecule has 2 aromatic rings. The lowest BCUT2D eigenvalue weighted by Gasteiger charge is -2.04. The number of carbonyl (C=O) groups excluding carboxylic acids is 1. The largest absolute Gasteiger partial charge is 0.476 e. The standard InChI is InChI=1S/C15H16N2O3S/c1-10-2-4-11(5-3-10)8-13(18)16-7-6-14-17-12(9-21-14)15(19)20/h2-5,9H,6-8H2,1H3,(H,16,18)(H,19,20). The van der Waals surface area contributed by atoms with E-state index < -0.39 is 5.97 Å². The van der Waals surface area contributed by atoms with Crippen LogP contribution in [0.2, 0.25) is 0 Å². The highest BCUT2D eigenvalue weighted by atomic mass is 32.1. The molecule has 21 heavy (non-hydrogen) atoms. The van der Waals surface area contributed by atoms with Gasteiger partial charge in [-0.3, -0.25) is 4.79 Å². The highest BCUT2D eigenvalue weighted by Crippen LogP contribution is 2.10. The number of carbonyl (C=O) groups is 2. The number of thiazole rings is 1. The summed E-state index contributed by atoms with van der Waals surface area (Å²) in [6.07, 6.45) is 0.885. The lowest BCUT2D eigenvalue weighted by molar-refractivity contribution is -0.120. The van der Waals surface area contributed by atoms with Crippen molar-refractivity contribution in [3.8, 4) is 0 Å². The zero-order valence-corrected chi connectivity index (χ0v) is 12.4. The third-order valence-electron chi connectivity index (χ3n) is 2.92. The molecule has 0 bridgehead atoms. The number of hydrogen-bond acceptors (Lipinski definition) is 4. The van der Waals surface area contributed by atoms with Gasteiger partial charge in [-0.15, -0.1) is 11.3 Å². The molecule has 6 heteroatoms. The Morgan fingerprint density at radius 1 is 1.29 bits per heavy atom. The van der Waals surface area contributed by atoms with E-state index in [2.05, 4.69) is 10.3 Å². The molecule has 1 amide bonds. The van der Waals surface area contributed by atoms with Gasteiger partial charge < -0.3 is 10.4 Å². The monoisotopic (exact) mass is 304 g/mol. The second-order valence-electron chi connectivity index (χ2n) is 4.69. The van der Waals surface area contributed by atoms with Crippen molar-refractivity contribution in [2.75, 3.05) is 6.54 Å². The van der Waals surface area contributed by atoms with Crippen LogP contribution in [0, 0.1) is 6.92 Å². The Bertz CT molecular complexity index is 635. The molecule has 0 fully saturated rings. The Balaban J connectivity index is 1.76. The summed E-state index contributed by atoms with van der Waals surface area (Å²) >= 11 is 1.29. The van der Waals surface area contributed by atoms with Crippen LogP contribution in [0.25, 0.3) is 0 Å². The number of amides is 1. The first-order chi connectivity index (χ1) is 10.0. The van der Waals surface area contributed by atoms with Crippen molar-refractivity contribution in [2.45, 2.75) is 19.8 Å². The van der Waals surface area contributed by atoms with E-state index in [0.29, 0.717) is 24.4 Å². The number of carboxylic acids is 1. The maximum atomic E-state index is 11.8. The van der Waals surface area contributed by atoms with Gasteiger partial charge in [0.1, 0.15) is 0 Å². The number of benzene rings is 1. The number of nitrogens with zero attached hydrogens (tertiary/aromatic N) is 1. The zero-order chi connectivity index (χ0) is 15.2. The fourth-order valence-corrected chi connectivity index (χ4v) is 2.56. The van der Waals surface area contributed by atoms with Gasteiger partial charge >= 0.3 is 5.97 Å². The second-order valence-corrected chi connectivity index (χ2v) is 5.64. The van der Waals surface area contributed by atoms with E-state index in [9.17, 15) is 9.59 Å². The molecule has 5 nitrogen and oxygen atoms in total. The minimum absolute atomic E-state index is 0.0473. The molecular weight excluding hydrogens is 288 g/mol. The number of aryl methyl sites for hydroxylation is 1. The zero-order valence-electron chi connectivity index (χ0n) is 11.6. The third kappa shape index (κ3) is 4.68. The summed E-state index contributed by atoms with van der Waals surface area (Å²) in [6, 6.07) is 7.83. The maximum absolute atomic E-state index is 11.8. The van der Waals surface area contributed by atoms with Crippen LogP contribution in [0.4, 0.5) is 0 Å². The SMILES string of the molecule is Cc1ccc(CC(=O)NCCc2nc(C(=O)O)cs2)cc1. The van der Waals surface area contributed by atoms with Crippen molar-refractivity contribution in [3.05, 3.63) is 51.5 Å². The summed E-state index contributed by atoms with van der Waals surface area (Å²) in [5.41, 5.74) is 2.19. The van der Waals surface area contributed by atoms with E-state index in [1.807, 2.05) is 31.2 Å². The van der Waals surface area contributed by atoms with Crippen molar-refractivity contribution in [1.29, 1.82) is 0 Å². The molecule has 110 valence electrons. The van der Waals surface area contributed by atoms with Gasteiger partial charge in [-0.2, -0.15) is 0 Å². The Kier molecular flexibility index (Phi) is 5.05. The van der Waals surface area contributed by atoms with Gasteiger partial charge in [-0.1, -0.05) is 29.8 Å². The molecule has 0 aliphatic rings. The Hall–Kier alpha value is -2.21. The van der Waals surface area contributed by atoms with Crippen LogP contribution in [-0.4, -0.2) is 28.5 Å². The summed E-state index contributed by atoms with van der Waals surface area (Å²) in [6.45, 7) is 2.46. The number of hydrogen-bond donors (Lipinski definition) is 2. The van der Waals surface area contributed by atoms with E-state index in [-0.39, 0.29) is 11.6 Å². The highest BCUT2D eigenvalue weighted by molar-refractivity contribution is 7.09. The van der Waals surface area contributed by atoms with Crippen LogP contribution < -0.4 is 5.32 Å². The van der Waals surface area contributed by atoms with Crippen LogP contribution in [-0.2, 0) is 17.6 Å². The van der Waals surface area contributed by atoms with E-state index in [1.165, 1.54) is 16.7 Å². The van der Waals surface area contributed by atoms with Gasteiger partial charge in [-0.25, -0.2) is 9.78 Å². The molecular formula is C15H16N2O3S. The average molecular weight is 304 g/mol. The van der Waals surface area contributed by atoms with Crippen LogP contribution in [0.15, 0.2) is 29.6 Å². The lowest BCUT2D eigenvalue weighted by Crippen LogP contribution is -2.27. The first-order valence-electron chi connectivity index (χ1n) is 6.54. The average Bonchev–Trinajstić information content (AvgIpc) is 2.90. The van der Waals surface area contributed by atoms with Crippen molar-refractivity contribution in [3.63, 3.8) is 0 Å². The Morgan fingerprint density at radius 3 is 2.62 bits per heavy atom. The summed E-state index contributed by atoms with van der Waals surface area (Å²) in [4.78, 5) is 26.4. The van der Waals surface area contributed by atoms with Crippen molar-refractivity contribution < 1.29 is 14.7 Å². The number of carboxylic acid groups (broad SMARTS) is 1. The first-order valence-corrected chi connectivity index (χ1v) is 7.42. The summed E-state index contributed by atoms with van der Waals surface area (Å²) in [5, 5.41) is 13.8. The predicted octanol–water partition coefficient (Wildman–Crippen LogP) is 2.05. The van der Waals surface area contributed by atoms with Crippen molar-refractivity contribution >= 4 is 23.2 Å². The molecule has 0 unspecified atom stereocenters. The molecule has 0 saturated carbocycles. The highest BCUT2D eigenvalue weighted by Gasteiger charge is 2.09. The smallest absolute Gasteiger partial charge is 0.355 e. The molecule has 0 atom stereocenters. The number of rotatable bonds is 6. The van der Waals surface area contributed by atoms with Crippen LogP contribution in [0.3, 0.4) is 0 Å². The first kappa shape index (κ1) is 15.2. The van der Waals surface area contributed by atoms with E-state index >= 15 is 0 Å². The summed E-state index contributed by atoms with van der Waals surface area (Å²) < 4.78 is 0. The molecule has 0 radical (unpaired) electrons. The van der Waals surface area contributed by atoms with Crippen molar-refractivity contribution in [1.82, 2.24) is 10.3 Å². The number of nitrogens with one attached hydrogen (secondary N) is 1. The number of aromatic carboxylic acids is 1. The molecule has 0 saturated heterocycles. The third-order valence-corrected chi connectivity index (χ3v) is 3.83. The number of aromatic nitrogens is 1. The van der Waals surface area contributed by atoms with Crippen LogP contribution in [0.1, 0.15) is 26.6 Å². The molecule has 1 aromatic heterocycles. The van der Waals surface area contributed by atoms with E-state index in [0.717, 1.165) is 11.1 Å². The van der Waals surface area contributed by atoms with E-state index in [4.69, 9.17) is 5.11 Å². The quantitative estimate of drug-likeness (QED) is 0.856. The van der Waals surface area contributed by atoms with Gasteiger partial charge in [0.15, 0.2) is 5.69 Å². The molecule has 0 aliphatic carbocycles. The minimum Gasteiger partial charge on any atom is -0.476 e. The fourth-order valence-electron chi connectivity index (χ4n) is 1.79.